The van der Waals surface area contributed by atoms with Crippen LogP contribution in [0, 0.1) is 0 Å². The summed E-state index contributed by atoms with van der Waals surface area (Å²) >= 11 is 0. The second-order valence-corrected chi connectivity index (χ2v) is 4.22. The van der Waals surface area contributed by atoms with Gasteiger partial charge >= 0.3 is 0 Å². The van der Waals surface area contributed by atoms with Crippen LogP contribution in [-0.4, -0.2) is 32.2 Å². The number of ketones is 1. The summed E-state index contributed by atoms with van der Waals surface area (Å²) in [6.07, 6.45) is 0. The fourth-order valence-electron chi connectivity index (χ4n) is 2.12. The van der Waals surface area contributed by atoms with Gasteiger partial charge in [0.05, 0.1) is 21.3 Å². The Bertz CT molecular complexity index is 641. The van der Waals surface area contributed by atoms with Gasteiger partial charge in [0.2, 0.25) is 5.78 Å². The molecule has 1 N–H and O–H groups in total. The van der Waals surface area contributed by atoms with E-state index in [-0.39, 0.29) is 22.6 Å². The molecule has 2 rings (SSSR count). The zero-order valence-corrected chi connectivity index (χ0v) is 12.0. The summed E-state index contributed by atoms with van der Waals surface area (Å²) in [6, 6.07) is 9.66. The van der Waals surface area contributed by atoms with Crippen LogP contribution >= 0.6 is 0 Å². The first-order valence-electron chi connectivity index (χ1n) is 6.25. The van der Waals surface area contributed by atoms with Crippen molar-refractivity contribution >= 4 is 5.78 Å². The lowest BCUT2D eigenvalue weighted by atomic mass is 9.99. The SMILES string of the molecule is COc1cccc(O)c1C(=O)c1c(OC)cccc1OC. The Labute approximate surface area is 122 Å². The summed E-state index contributed by atoms with van der Waals surface area (Å²) < 4.78 is 15.6. The van der Waals surface area contributed by atoms with Crippen molar-refractivity contribution in [3.05, 3.63) is 47.5 Å². The van der Waals surface area contributed by atoms with E-state index in [0.717, 1.165) is 0 Å². The molecule has 2 aromatic carbocycles. The van der Waals surface area contributed by atoms with Crippen molar-refractivity contribution in [2.24, 2.45) is 0 Å². The number of carbonyl (C=O) groups excluding carboxylic acids is 1. The van der Waals surface area contributed by atoms with Gasteiger partial charge in [0.1, 0.15) is 34.1 Å². The molecule has 0 aliphatic heterocycles. The van der Waals surface area contributed by atoms with Crippen LogP contribution in [-0.2, 0) is 0 Å². The van der Waals surface area contributed by atoms with Crippen LogP contribution in [0.15, 0.2) is 36.4 Å². The Morgan fingerprint density at radius 3 is 1.71 bits per heavy atom. The Morgan fingerprint density at radius 1 is 0.810 bits per heavy atom. The molecular formula is C16H16O5. The van der Waals surface area contributed by atoms with Gasteiger partial charge in [-0.1, -0.05) is 12.1 Å². The molecular weight excluding hydrogens is 272 g/mol. The number of benzene rings is 2. The van der Waals surface area contributed by atoms with E-state index in [9.17, 15) is 9.90 Å². The van der Waals surface area contributed by atoms with Crippen molar-refractivity contribution in [1.82, 2.24) is 0 Å². The maximum atomic E-state index is 12.8. The molecule has 0 fully saturated rings. The monoisotopic (exact) mass is 288 g/mol. The first-order valence-corrected chi connectivity index (χ1v) is 6.25. The lowest BCUT2D eigenvalue weighted by molar-refractivity contribution is 0.102. The standard InChI is InChI=1S/C16H16O5/c1-19-11-7-4-6-10(17)14(11)16(18)15-12(20-2)8-5-9-13(15)21-3/h4-9,17H,1-3H3. The highest BCUT2D eigenvalue weighted by Gasteiger charge is 2.25. The summed E-state index contributed by atoms with van der Waals surface area (Å²) in [4.78, 5) is 12.8. The molecule has 0 aliphatic rings. The van der Waals surface area contributed by atoms with Crippen molar-refractivity contribution in [2.75, 3.05) is 21.3 Å². The Balaban J connectivity index is 2.66. The van der Waals surface area contributed by atoms with Crippen molar-refractivity contribution < 1.29 is 24.1 Å². The Hall–Kier alpha value is -2.69. The van der Waals surface area contributed by atoms with Crippen LogP contribution in [0.3, 0.4) is 0 Å². The molecule has 5 nitrogen and oxygen atoms in total. The van der Waals surface area contributed by atoms with Gasteiger partial charge in [-0.25, -0.2) is 0 Å². The molecule has 0 amide bonds. The predicted molar refractivity (Wildman–Crippen MR) is 77.6 cm³/mol. The normalized spacial score (nSPS) is 10.0. The smallest absolute Gasteiger partial charge is 0.207 e. The number of methoxy groups -OCH3 is 3. The van der Waals surface area contributed by atoms with Crippen LogP contribution in [0.1, 0.15) is 15.9 Å². The second kappa shape index (κ2) is 6.17. The number of rotatable bonds is 5. The molecule has 0 saturated heterocycles. The van der Waals surface area contributed by atoms with Crippen LogP contribution in [0.25, 0.3) is 0 Å². The van der Waals surface area contributed by atoms with Gasteiger partial charge in [-0.05, 0) is 24.3 Å². The minimum Gasteiger partial charge on any atom is -0.507 e. The van der Waals surface area contributed by atoms with E-state index in [4.69, 9.17) is 14.2 Å². The molecule has 0 radical (unpaired) electrons. The predicted octanol–water partition coefficient (Wildman–Crippen LogP) is 2.65. The van der Waals surface area contributed by atoms with E-state index < -0.39 is 5.78 Å². The summed E-state index contributed by atoms with van der Waals surface area (Å²) in [7, 11) is 4.37. The quantitative estimate of drug-likeness (QED) is 0.857. The van der Waals surface area contributed by atoms with Crippen molar-refractivity contribution in [1.29, 1.82) is 0 Å². The fourth-order valence-corrected chi connectivity index (χ4v) is 2.12. The van der Waals surface area contributed by atoms with Crippen LogP contribution in [0.4, 0.5) is 0 Å². The van der Waals surface area contributed by atoms with Gasteiger partial charge in [-0.15, -0.1) is 0 Å². The van der Waals surface area contributed by atoms with Crippen molar-refractivity contribution in [2.45, 2.75) is 0 Å². The molecule has 0 aromatic heterocycles. The van der Waals surface area contributed by atoms with E-state index >= 15 is 0 Å². The van der Waals surface area contributed by atoms with Gasteiger partial charge in [0.15, 0.2) is 0 Å². The van der Waals surface area contributed by atoms with Crippen LogP contribution < -0.4 is 14.2 Å². The van der Waals surface area contributed by atoms with Crippen molar-refractivity contribution in [3.63, 3.8) is 0 Å². The van der Waals surface area contributed by atoms with Crippen LogP contribution in [0.5, 0.6) is 23.0 Å². The summed E-state index contributed by atoms with van der Waals surface area (Å²) in [6.45, 7) is 0. The molecule has 0 unspecified atom stereocenters. The first kappa shape index (κ1) is 14.7. The Morgan fingerprint density at radius 2 is 1.24 bits per heavy atom. The highest BCUT2D eigenvalue weighted by molar-refractivity contribution is 6.15. The Kier molecular flexibility index (Phi) is 4.33. The molecule has 5 heteroatoms. The number of phenols is 1. The third-order valence-corrected chi connectivity index (χ3v) is 3.11. The largest absolute Gasteiger partial charge is 0.507 e. The van der Waals surface area contributed by atoms with E-state index in [0.29, 0.717) is 11.5 Å². The average molecular weight is 288 g/mol. The zero-order valence-electron chi connectivity index (χ0n) is 12.0. The van der Waals surface area contributed by atoms with Crippen LogP contribution in [0.2, 0.25) is 0 Å². The van der Waals surface area contributed by atoms with Crippen molar-refractivity contribution in [3.8, 4) is 23.0 Å². The zero-order chi connectivity index (χ0) is 15.4. The number of phenolic OH excluding ortho intramolecular Hbond substituents is 1. The number of ether oxygens (including phenoxy) is 3. The molecule has 0 aliphatic carbocycles. The number of carbonyl (C=O) groups is 1. The molecule has 0 bridgehead atoms. The number of aromatic hydroxyl groups is 1. The van der Waals surface area contributed by atoms with Gasteiger partial charge < -0.3 is 19.3 Å². The molecule has 0 spiro atoms. The molecule has 2 aromatic rings. The molecule has 0 saturated carbocycles. The first-order chi connectivity index (χ1) is 10.1. The molecule has 0 heterocycles. The average Bonchev–Trinajstić information content (AvgIpc) is 2.52. The van der Waals surface area contributed by atoms with Gasteiger partial charge in [0.25, 0.3) is 0 Å². The summed E-state index contributed by atoms with van der Waals surface area (Å²) in [5, 5.41) is 10.00. The fraction of sp³-hybridized carbons (Fsp3) is 0.188. The van der Waals surface area contributed by atoms with E-state index in [2.05, 4.69) is 0 Å². The van der Waals surface area contributed by atoms with E-state index in [1.54, 1.807) is 30.3 Å². The third kappa shape index (κ3) is 2.63. The minimum atomic E-state index is -0.431. The third-order valence-electron chi connectivity index (χ3n) is 3.11. The number of hydrogen-bond acceptors (Lipinski definition) is 5. The topological polar surface area (TPSA) is 65.0 Å². The lowest BCUT2D eigenvalue weighted by Crippen LogP contribution is -2.08. The van der Waals surface area contributed by atoms with Gasteiger partial charge in [0, 0.05) is 0 Å². The minimum absolute atomic E-state index is 0.0720. The van der Waals surface area contributed by atoms with E-state index in [1.807, 2.05) is 0 Å². The number of hydrogen-bond donors (Lipinski definition) is 1. The molecule has 110 valence electrons. The van der Waals surface area contributed by atoms with Gasteiger partial charge in [-0.2, -0.15) is 0 Å². The van der Waals surface area contributed by atoms with Gasteiger partial charge in [-0.3, -0.25) is 4.79 Å². The highest BCUT2D eigenvalue weighted by atomic mass is 16.5. The summed E-state index contributed by atoms with van der Waals surface area (Å²) in [5.41, 5.74) is 0.310. The maximum absolute atomic E-state index is 12.8. The molecule has 0 atom stereocenters. The van der Waals surface area contributed by atoms with E-state index in [1.165, 1.54) is 27.4 Å². The lowest BCUT2D eigenvalue weighted by Gasteiger charge is -2.14. The highest BCUT2D eigenvalue weighted by Crippen LogP contribution is 2.36. The molecule has 21 heavy (non-hydrogen) atoms. The summed E-state index contributed by atoms with van der Waals surface area (Å²) in [5.74, 6) is 0.425. The second-order valence-electron chi connectivity index (χ2n) is 4.22. The maximum Gasteiger partial charge on any atom is 0.207 e.